The predicted octanol–water partition coefficient (Wildman–Crippen LogP) is 13.8. The number of aryl methyl sites for hydroxylation is 2. The van der Waals surface area contributed by atoms with Crippen LogP contribution in [0.5, 0.6) is 41.2 Å². The molecule has 39 nitrogen and oxygen atoms in total. The fraction of sp³-hybridized carbons (Fsp3) is 0.184. The van der Waals surface area contributed by atoms with Gasteiger partial charge in [-0.2, -0.15) is 0 Å². The second-order valence-electron chi connectivity index (χ2n) is 29.4. The number of ether oxygens (including phenoxy) is 7. The summed E-state index contributed by atoms with van der Waals surface area (Å²) in [5, 5.41) is 59.3. The summed E-state index contributed by atoms with van der Waals surface area (Å²) in [6.45, 7) is 6.19. The van der Waals surface area contributed by atoms with Crippen LogP contribution in [0.15, 0.2) is 317 Å². The Morgan fingerprint density at radius 3 is 1.01 bits per heavy atom. The lowest BCUT2D eigenvalue weighted by Crippen LogP contribution is -2.38. The number of piperidine rings is 1. The van der Waals surface area contributed by atoms with Crippen molar-refractivity contribution < 1.29 is 47.5 Å². The molecule has 0 N–H and O–H groups in total. The Kier molecular flexibility index (Phi) is 37.4. The summed E-state index contributed by atoms with van der Waals surface area (Å²) in [4.78, 5) is 83.4. The average molecular weight is 1870 g/mol. The lowest BCUT2D eigenvalue weighted by molar-refractivity contribution is -0.134. The number of rotatable bonds is 28. The maximum atomic E-state index is 12.0. The number of Topliss-reactive ketones (excluding diaryl/α,β-unsaturated/α-hetero) is 1. The Morgan fingerprint density at radius 1 is 0.348 bits per heavy atom. The molecule has 0 aromatic carbocycles. The molecular weight excluding hydrogens is 1780 g/mol. The molecule has 0 radical (unpaired) electrons. The van der Waals surface area contributed by atoms with E-state index in [1.165, 1.54) is 18.2 Å². The molecule has 0 aliphatic carbocycles. The zero-order valence-corrected chi connectivity index (χ0v) is 76.7. The second kappa shape index (κ2) is 52.9. The number of ketones is 1. The molecule has 1 atom stereocenters. The van der Waals surface area contributed by atoms with E-state index in [1.807, 2.05) is 216 Å². The van der Waals surface area contributed by atoms with Gasteiger partial charge in [0.25, 0.3) is 11.8 Å². The first kappa shape index (κ1) is 97.5. The molecule has 1 fully saturated rings. The minimum atomic E-state index is -0.179. The van der Waals surface area contributed by atoms with E-state index in [1.54, 1.807) is 161 Å². The zero-order chi connectivity index (χ0) is 95.9. The van der Waals surface area contributed by atoms with Crippen molar-refractivity contribution in [3.63, 3.8) is 0 Å². The monoisotopic (exact) mass is 1870 g/mol. The maximum absolute atomic E-state index is 12.0. The summed E-state index contributed by atoms with van der Waals surface area (Å²) in [5.74, 6) is 3.55. The normalized spacial score (nSPS) is 11.2. The molecule has 19 heterocycles. The van der Waals surface area contributed by atoms with Crippen LogP contribution in [-0.4, -0.2) is 210 Å². The number of likely N-dealkylation sites (N-methyl/N-ethyl adjacent to an activating group) is 1. The molecule has 2 amide bonds. The van der Waals surface area contributed by atoms with E-state index in [0.717, 1.165) is 105 Å². The topological polar surface area (TPSA) is 454 Å². The number of hydrogen-bond acceptors (Lipinski definition) is 36. The molecule has 0 spiro atoms. The molecule has 1 aliphatic heterocycles. The van der Waals surface area contributed by atoms with Crippen molar-refractivity contribution in [1.29, 1.82) is 0 Å². The van der Waals surface area contributed by atoms with Crippen molar-refractivity contribution in [2.24, 2.45) is 14.1 Å². The number of hydrogen-bond donors (Lipinski definition) is 0. The fourth-order valence-electron chi connectivity index (χ4n) is 11.8. The number of imidazole rings is 2. The van der Waals surface area contributed by atoms with Crippen LogP contribution in [-0.2, 0) is 48.3 Å². The summed E-state index contributed by atoms with van der Waals surface area (Å²) in [5.41, 5.74) is 12.1. The highest BCUT2D eigenvalue weighted by Crippen LogP contribution is 2.25. The highest BCUT2D eigenvalue weighted by molar-refractivity contribution is 7.09. The number of carbonyl (C=O) groups excluding carboxylic acids is 3. The lowest BCUT2D eigenvalue weighted by Gasteiger charge is -2.26. The van der Waals surface area contributed by atoms with Gasteiger partial charge in [-0.1, -0.05) is 48.5 Å². The minimum absolute atomic E-state index is 0.00954. The third-order valence-corrected chi connectivity index (χ3v) is 19.8. The van der Waals surface area contributed by atoms with Gasteiger partial charge in [-0.15, -0.1) is 82.7 Å². The first-order valence-electron chi connectivity index (χ1n) is 43.0. The smallest absolute Gasteiger partial charge is 0.260 e. The molecule has 0 saturated carbocycles. The first-order chi connectivity index (χ1) is 67.6. The Labute approximate surface area is 797 Å². The van der Waals surface area contributed by atoms with Crippen molar-refractivity contribution in [1.82, 2.24) is 145 Å². The van der Waals surface area contributed by atoms with Gasteiger partial charge in [0.05, 0.1) is 63.8 Å². The molecule has 696 valence electrons. The highest BCUT2D eigenvalue weighted by atomic mass is 32.1. The minimum Gasteiger partial charge on any atom is -0.470 e. The van der Waals surface area contributed by atoms with Gasteiger partial charge in [-0.05, 0) is 173 Å². The molecule has 138 heavy (non-hydrogen) atoms. The summed E-state index contributed by atoms with van der Waals surface area (Å²) in [6, 6.07) is 69.9. The van der Waals surface area contributed by atoms with E-state index in [-0.39, 0.29) is 43.5 Å². The fourth-order valence-corrected chi connectivity index (χ4v) is 12.3. The number of nitrogens with zero attached hydrogens (tertiary/aromatic N) is 29. The number of amides is 2. The molecule has 1 aliphatic rings. The molecule has 18 aromatic heterocycles. The Bertz CT molecular complexity index is 6450. The van der Waals surface area contributed by atoms with Crippen LogP contribution in [0.3, 0.4) is 0 Å². The van der Waals surface area contributed by atoms with Crippen molar-refractivity contribution in [2.45, 2.75) is 59.0 Å². The molecular formula is C98H93N29O10S. The third kappa shape index (κ3) is 31.9. The Morgan fingerprint density at radius 2 is 0.703 bits per heavy atom. The van der Waals surface area contributed by atoms with Gasteiger partial charge in [-0.3, -0.25) is 54.3 Å². The number of likely N-dealkylation sites (tertiary alicyclic amines) is 1. The van der Waals surface area contributed by atoms with Gasteiger partial charge in [0.1, 0.15) is 83.2 Å². The van der Waals surface area contributed by atoms with Crippen LogP contribution in [0.4, 0.5) is 0 Å². The molecule has 1 unspecified atom stereocenters. The summed E-state index contributed by atoms with van der Waals surface area (Å²) in [6.07, 6.45) is 25.7. The average Bonchev–Trinajstić information content (AvgIpc) is 1.61. The van der Waals surface area contributed by atoms with E-state index in [2.05, 4.69) is 126 Å². The van der Waals surface area contributed by atoms with E-state index in [9.17, 15) is 14.4 Å². The standard InChI is InChI=1S/C16H18N4O2.C16H14N4O.2C14H13N5O.C13H14N4O2.C13H10N4OS.C12H11N3O2/c21-16(20-10-4-1-5-11-20)12-22-15-8-7-14(18-19-15)13-6-2-3-9-17-13;1-12(13-6-2-4-10-17-13)21-16-9-8-15(19-20-16)14-7-3-5-11-18-14;1-19-10-15-8-11(19)9-20-14-6-5-13(17-18-14)12-4-2-3-7-16-12;1-19-9-8-16-13(19)10-20-14-6-5-12(17-18-14)11-4-2-3-7-15-11;1-17(2)13(18)9-19-12-7-6-11(15-16-12)10-5-3-4-8-14-10;1-2-6-14-10(3-1)11-4-5-12(17-16-11)18-9-13-15-7-8-19-13;1-9(16)8-17-12-6-5-11(14-15-12)10-4-2-3-7-13-10/h2-3,6-9H,1,4-5,10-12H2;2-12H,1H3;2-8,10H,9H2,1H3;2-9H,10H2,1H3;3-8H,9H2,1-2H3;1-8H,9H2;2-7H,8H2,1H3. The molecule has 18 aromatic rings. The quantitative estimate of drug-likeness (QED) is 0.0439. The van der Waals surface area contributed by atoms with Crippen molar-refractivity contribution >= 4 is 28.9 Å². The predicted molar refractivity (Wildman–Crippen MR) is 508 cm³/mol. The third-order valence-electron chi connectivity index (χ3n) is 19.1. The Balaban J connectivity index is 0.000000136. The summed E-state index contributed by atoms with van der Waals surface area (Å²) in [7, 11) is 7.17. The van der Waals surface area contributed by atoms with Crippen LogP contribution in [0.1, 0.15) is 61.4 Å². The van der Waals surface area contributed by atoms with Crippen molar-refractivity contribution in [3.8, 4) is 121 Å². The van der Waals surface area contributed by atoms with E-state index in [4.69, 9.17) is 33.2 Å². The maximum Gasteiger partial charge on any atom is 0.260 e. The number of carbonyl (C=O) groups is 3. The SMILES string of the molecule is CC(=O)COc1ccc(-c2ccccn2)nn1.CC(Oc1ccc(-c2ccccn2)nn1)c1ccccn1.CN(C)C(=O)COc1ccc(-c2ccccn2)nn1.Cn1ccnc1COc1ccc(-c2ccccn2)nn1.Cn1cncc1COc1ccc(-c2ccccn2)nn1.O=C(COc1ccc(-c2ccccn2)nn1)N1CCCCC1.c1ccc(-c2ccc(OCc3nccs3)nn2)nc1. The van der Waals surface area contributed by atoms with E-state index in [0.29, 0.717) is 83.8 Å². The molecule has 19 rings (SSSR count). The second-order valence-corrected chi connectivity index (χ2v) is 30.3. The molecule has 0 bridgehead atoms. The van der Waals surface area contributed by atoms with Crippen molar-refractivity contribution in [3.05, 3.63) is 339 Å². The number of pyridine rings is 8. The summed E-state index contributed by atoms with van der Waals surface area (Å²) < 4.78 is 41.9. The van der Waals surface area contributed by atoms with Gasteiger partial charge in [0.2, 0.25) is 41.2 Å². The highest BCUT2D eigenvalue weighted by Gasteiger charge is 2.19. The van der Waals surface area contributed by atoms with Gasteiger partial charge in [0.15, 0.2) is 19.0 Å². The van der Waals surface area contributed by atoms with Crippen LogP contribution in [0.2, 0.25) is 0 Å². The van der Waals surface area contributed by atoms with Crippen LogP contribution < -0.4 is 33.2 Å². The van der Waals surface area contributed by atoms with Gasteiger partial charge in [-0.25, -0.2) is 15.0 Å². The van der Waals surface area contributed by atoms with Crippen LogP contribution >= 0.6 is 11.3 Å². The van der Waals surface area contributed by atoms with E-state index < -0.39 is 0 Å². The lowest BCUT2D eigenvalue weighted by atomic mass is 10.1. The van der Waals surface area contributed by atoms with Crippen LogP contribution in [0.25, 0.3) is 79.7 Å². The summed E-state index contributed by atoms with van der Waals surface area (Å²) >= 11 is 1.55. The van der Waals surface area contributed by atoms with Gasteiger partial charge in [0, 0.05) is 157 Å². The van der Waals surface area contributed by atoms with Crippen LogP contribution in [0, 0.1) is 0 Å². The molecule has 40 heteroatoms. The first-order valence-corrected chi connectivity index (χ1v) is 43.9. The number of thiazole rings is 1. The molecule has 1 saturated heterocycles. The van der Waals surface area contributed by atoms with Gasteiger partial charge < -0.3 is 52.1 Å². The van der Waals surface area contributed by atoms with Gasteiger partial charge >= 0.3 is 0 Å². The Hall–Kier alpha value is -18.0. The zero-order valence-electron chi connectivity index (χ0n) is 75.8. The van der Waals surface area contributed by atoms with E-state index >= 15 is 0 Å². The van der Waals surface area contributed by atoms with Crippen molar-refractivity contribution in [2.75, 3.05) is 47.0 Å². The largest absolute Gasteiger partial charge is 0.470 e. The number of aromatic nitrogens is 27.